The molecule has 1 aromatic carbocycles. The van der Waals surface area contributed by atoms with Crippen LogP contribution in [0.25, 0.3) is 11.0 Å². The van der Waals surface area contributed by atoms with Crippen molar-refractivity contribution in [2.24, 2.45) is 0 Å². The minimum Gasteiger partial charge on any atom is -0.383 e. The maximum atomic E-state index is 6.23. The molecule has 4 rings (SSSR count). The van der Waals surface area contributed by atoms with Crippen LogP contribution in [0.5, 0.6) is 0 Å². The molecular weight excluding hydrogens is 430 g/mol. The summed E-state index contributed by atoms with van der Waals surface area (Å²) in [6, 6.07) is 10.5. The Balaban J connectivity index is 1.23. The number of nitrogens with two attached hydrogens (primary N) is 1. The fourth-order valence-corrected chi connectivity index (χ4v) is 4.30. The Morgan fingerprint density at radius 1 is 1.24 bits per heavy atom. The maximum Gasteiger partial charge on any atom is 0.148 e. The Labute approximate surface area is 179 Å². The number of rotatable bonds is 8. The zero-order valence-corrected chi connectivity index (χ0v) is 17.9. The molecule has 1 aliphatic rings. The fourth-order valence-electron chi connectivity index (χ4n) is 3.69. The van der Waals surface area contributed by atoms with Crippen molar-refractivity contribution >= 4 is 32.8 Å². The highest BCUT2D eigenvalue weighted by Gasteiger charge is 2.27. The van der Waals surface area contributed by atoms with Gasteiger partial charge in [0.2, 0.25) is 0 Å². The lowest BCUT2D eigenvalue weighted by molar-refractivity contribution is 0.0261. The Morgan fingerprint density at radius 3 is 2.97 bits per heavy atom. The Bertz CT molecular complexity index is 972. The van der Waals surface area contributed by atoms with Crippen LogP contribution >= 0.6 is 15.9 Å². The van der Waals surface area contributed by atoms with Gasteiger partial charge < -0.3 is 20.4 Å². The van der Waals surface area contributed by atoms with E-state index in [4.69, 9.17) is 10.5 Å². The van der Waals surface area contributed by atoms with Gasteiger partial charge in [0.25, 0.3) is 0 Å². The van der Waals surface area contributed by atoms with Crippen LogP contribution in [0, 0.1) is 0 Å². The summed E-state index contributed by atoms with van der Waals surface area (Å²) in [5.41, 5.74) is 8.13. The van der Waals surface area contributed by atoms with Crippen LogP contribution in [0.1, 0.15) is 37.5 Å². The zero-order valence-electron chi connectivity index (χ0n) is 16.3. The van der Waals surface area contributed by atoms with Gasteiger partial charge in [-0.3, -0.25) is 0 Å². The second-order valence-corrected chi connectivity index (χ2v) is 8.14. The van der Waals surface area contributed by atoms with E-state index in [1.165, 1.54) is 11.9 Å². The van der Waals surface area contributed by atoms with E-state index >= 15 is 0 Å². The van der Waals surface area contributed by atoms with Crippen LogP contribution in [-0.2, 0) is 11.3 Å². The molecule has 3 N–H and O–H groups in total. The number of hydrogen-bond donors (Lipinski definition) is 2. The van der Waals surface area contributed by atoms with Gasteiger partial charge in [0.15, 0.2) is 0 Å². The number of benzene rings is 1. The smallest absolute Gasteiger partial charge is 0.148 e. The van der Waals surface area contributed by atoms with Gasteiger partial charge in [-0.15, -0.1) is 0 Å². The largest absolute Gasteiger partial charge is 0.383 e. The normalized spacial score (nSPS) is 19.5. The molecule has 0 amide bonds. The van der Waals surface area contributed by atoms with Crippen molar-refractivity contribution in [1.29, 1.82) is 0 Å². The standard InChI is InChI=1S/C22H26BrN5O/c23-18-14-28(22-20(18)21(24)26-15-27-22)19-11-10-17(29-19)9-5-2-6-12-25-13-16-7-3-1-4-8-16/h1,3-5,7-9,14-15,17,19,25H,2,6,10-13H2,(H2,24,26,27)/b9-5+/t17-,19-/m1/s1. The summed E-state index contributed by atoms with van der Waals surface area (Å²) in [6.07, 6.45) is 12.2. The van der Waals surface area contributed by atoms with Crippen molar-refractivity contribution in [3.63, 3.8) is 0 Å². The number of allylic oxidation sites excluding steroid dienone is 1. The number of nitrogens with one attached hydrogen (secondary N) is 1. The second-order valence-electron chi connectivity index (χ2n) is 7.28. The Morgan fingerprint density at radius 2 is 2.10 bits per heavy atom. The predicted molar refractivity (Wildman–Crippen MR) is 119 cm³/mol. The molecule has 6 nitrogen and oxygen atoms in total. The average Bonchev–Trinajstić information content (AvgIpc) is 3.33. The molecule has 3 aromatic rings. The fraction of sp³-hybridized carbons (Fsp3) is 0.364. The molecule has 1 fully saturated rings. The summed E-state index contributed by atoms with van der Waals surface area (Å²) >= 11 is 3.56. The molecule has 2 atom stereocenters. The van der Waals surface area contributed by atoms with E-state index in [0.717, 1.165) is 54.3 Å². The molecule has 3 heterocycles. The Kier molecular flexibility index (Phi) is 6.59. The number of nitrogens with zero attached hydrogens (tertiary/aromatic N) is 3. The highest BCUT2D eigenvalue weighted by molar-refractivity contribution is 9.10. The third-order valence-corrected chi connectivity index (χ3v) is 5.78. The summed E-state index contributed by atoms with van der Waals surface area (Å²) in [6.45, 7) is 1.93. The number of unbranched alkanes of at least 4 members (excludes halogenated alkanes) is 1. The van der Waals surface area contributed by atoms with Crippen molar-refractivity contribution < 1.29 is 4.74 Å². The van der Waals surface area contributed by atoms with Crippen LogP contribution in [0.4, 0.5) is 5.82 Å². The van der Waals surface area contributed by atoms with Crippen LogP contribution in [-0.4, -0.2) is 27.2 Å². The first-order chi connectivity index (χ1) is 14.2. The molecule has 1 aliphatic heterocycles. The number of ether oxygens (including phenoxy) is 1. The molecule has 0 spiro atoms. The quantitative estimate of drug-likeness (QED) is 0.383. The van der Waals surface area contributed by atoms with Gasteiger partial charge in [-0.05, 0) is 53.7 Å². The summed E-state index contributed by atoms with van der Waals surface area (Å²) in [5, 5.41) is 4.33. The van der Waals surface area contributed by atoms with Crippen LogP contribution in [0.15, 0.2) is 59.5 Å². The first-order valence-electron chi connectivity index (χ1n) is 10.1. The van der Waals surface area contributed by atoms with Gasteiger partial charge in [0, 0.05) is 17.2 Å². The van der Waals surface area contributed by atoms with Crippen LogP contribution in [0.2, 0.25) is 0 Å². The molecule has 2 aromatic heterocycles. The lowest BCUT2D eigenvalue weighted by Gasteiger charge is -2.14. The summed E-state index contributed by atoms with van der Waals surface area (Å²) in [5.74, 6) is 0.482. The van der Waals surface area contributed by atoms with Crippen molar-refractivity contribution in [1.82, 2.24) is 19.9 Å². The number of halogens is 1. The van der Waals surface area contributed by atoms with Gasteiger partial charge in [-0.25, -0.2) is 9.97 Å². The summed E-state index contributed by atoms with van der Waals surface area (Å²) in [4.78, 5) is 8.47. The van der Waals surface area contributed by atoms with Crippen molar-refractivity contribution in [3.8, 4) is 0 Å². The lowest BCUT2D eigenvalue weighted by atomic mass is 10.2. The van der Waals surface area contributed by atoms with Gasteiger partial charge in [-0.1, -0.05) is 42.5 Å². The summed E-state index contributed by atoms with van der Waals surface area (Å²) < 4.78 is 9.19. The second kappa shape index (κ2) is 9.52. The van der Waals surface area contributed by atoms with Gasteiger partial charge in [-0.2, -0.15) is 0 Å². The highest BCUT2D eigenvalue weighted by Crippen LogP contribution is 2.36. The van der Waals surface area contributed by atoms with E-state index in [1.807, 2.05) is 12.3 Å². The minimum atomic E-state index is -0.0275. The van der Waals surface area contributed by atoms with Gasteiger partial charge >= 0.3 is 0 Å². The third kappa shape index (κ3) is 4.86. The zero-order chi connectivity index (χ0) is 20.1. The van der Waals surface area contributed by atoms with Gasteiger partial charge in [0.1, 0.15) is 24.0 Å². The molecule has 29 heavy (non-hydrogen) atoms. The van der Waals surface area contributed by atoms with Crippen molar-refractivity contribution in [2.75, 3.05) is 12.3 Å². The lowest BCUT2D eigenvalue weighted by Crippen LogP contribution is -2.14. The maximum absolute atomic E-state index is 6.23. The molecule has 0 saturated carbocycles. The molecule has 1 saturated heterocycles. The van der Waals surface area contributed by atoms with Crippen molar-refractivity contribution in [2.45, 2.75) is 44.6 Å². The van der Waals surface area contributed by atoms with E-state index in [0.29, 0.717) is 5.82 Å². The molecule has 0 bridgehead atoms. The topological polar surface area (TPSA) is 78.0 Å². The molecule has 152 valence electrons. The first kappa shape index (κ1) is 20.1. The molecule has 0 aliphatic carbocycles. The van der Waals surface area contributed by atoms with Crippen LogP contribution in [0.3, 0.4) is 0 Å². The van der Waals surface area contributed by atoms with E-state index in [1.54, 1.807) is 0 Å². The van der Waals surface area contributed by atoms with E-state index in [2.05, 4.69) is 72.2 Å². The SMILES string of the molecule is Nc1ncnc2c1c(Br)cn2[C@H]1CC[C@@H](/C=C/CCCNCc2ccccc2)O1. The minimum absolute atomic E-state index is 0.0275. The number of hydrogen-bond acceptors (Lipinski definition) is 5. The average molecular weight is 456 g/mol. The number of anilines is 1. The monoisotopic (exact) mass is 455 g/mol. The molecular formula is C22H26BrN5O. The number of fused-ring (bicyclic) bond motifs is 1. The third-order valence-electron chi connectivity index (χ3n) is 5.18. The predicted octanol–water partition coefficient (Wildman–Crippen LogP) is 4.58. The number of aromatic nitrogens is 3. The van der Waals surface area contributed by atoms with E-state index < -0.39 is 0 Å². The molecule has 7 heteroatoms. The van der Waals surface area contributed by atoms with E-state index in [9.17, 15) is 0 Å². The van der Waals surface area contributed by atoms with E-state index in [-0.39, 0.29) is 12.3 Å². The summed E-state index contributed by atoms with van der Waals surface area (Å²) in [7, 11) is 0. The van der Waals surface area contributed by atoms with Gasteiger partial charge in [0.05, 0.1) is 11.5 Å². The van der Waals surface area contributed by atoms with Crippen molar-refractivity contribution in [3.05, 3.63) is 65.0 Å². The highest BCUT2D eigenvalue weighted by atomic mass is 79.9. The molecule has 0 unspecified atom stereocenters. The Hall–Kier alpha value is -2.22. The molecule has 0 radical (unpaired) electrons. The first-order valence-corrected chi connectivity index (χ1v) is 10.8. The number of nitrogen functional groups attached to an aromatic ring is 1. The van der Waals surface area contributed by atoms with Crippen LogP contribution < -0.4 is 11.1 Å².